The summed E-state index contributed by atoms with van der Waals surface area (Å²) in [6.07, 6.45) is 3.54. The SMILES string of the molecule is COC(=O)c1ccccc1NC(=O)COC(=O)c1ccc(Cn2cccn2)cc1. The second-order valence-corrected chi connectivity index (χ2v) is 6.06. The van der Waals surface area contributed by atoms with Crippen LogP contribution in [0.1, 0.15) is 26.3 Å². The molecule has 0 saturated heterocycles. The standard InChI is InChI=1S/C21H19N3O5/c1-28-21(27)17-5-2-3-6-18(17)23-19(25)14-29-20(26)16-9-7-15(8-10-16)13-24-12-4-11-22-24/h2-12H,13-14H2,1H3,(H,23,25). The van der Waals surface area contributed by atoms with Gasteiger partial charge < -0.3 is 14.8 Å². The van der Waals surface area contributed by atoms with Gasteiger partial charge in [-0.2, -0.15) is 5.10 Å². The largest absolute Gasteiger partial charge is 0.465 e. The van der Waals surface area contributed by atoms with Gasteiger partial charge in [-0.05, 0) is 35.9 Å². The first-order valence-corrected chi connectivity index (χ1v) is 8.77. The van der Waals surface area contributed by atoms with Gasteiger partial charge in [0, 0.05) is 12.4 Å². The molecule has 0 aliphatic heterocycles. The third kappa shape index (κ3) is 5.29. The van der Waals surface area contributed by atoms with E-state index in [1.807, 2.05) is 12.3 Å². The van der Waals surface area contributed by atoms with Crippen LogP contribution in [0.5, 0.6) is 0 Å². The Labute approximate surface area is 167 Å². The summed E-state index contributed by atoms with van der Waals surface area (Å²) in [5, 5.41) is 6.67. The molecule has 8 heteroatoms. The smallest absolute Gasteiger partial charge is 0.339 e. The van der Waals surface area contributed by atoms with Gasteiger partial charge in [-0.3, -0.25) is 9.48 Å². The number of anilines is 1. The predicted molar refractivity (Wildman–Crippen MR) is 104 cm³/mol. The molecule has 0 bridgehead atoms. The van der Waals surface area contributed by atoms with Crippen molar-refractivity contribution in [2.45, 2.75) is 6.54 Å². The molecular weight excluding hydrogens is 374 g/mol. The third-order valence-corrected chi connectivity index (χ3v) is 4.03. The van der Waals surface area contributed by atoms with E-state index in [4.69, 9.17) is 4.74 Å². The summed E-state index contributed by atoms with van der Waals surface area (Å²) in [5.41, 5.74) is 1.80. The summed E-state index contributed by atoms with van der Waals surface area (Å²) in [6.45, 7) is 0.105. The molecule has 0 unspecified atom stereocenters. The van der Waals surface area contributed by atoms with Crippen molar-refractivity contribution in [3.05, 3.63) is 83.7 Å². The quantitative estimate of drug-likeness (QED) is 0.619. The molecule has 29 heavy (non-hydrogen) atoms. The second kappa shape index (κ2) is 9.32. The molecule has 1 amide bonds. The molecule has 8 nitrogen and oxygen atoms in total. The lowest BCUT2D eigenvalue weighted by atomic mass is 10.1. The van der Waals surface area contributed by atoms with Gasteiger partial charge in [-0.15, -0.1) is 0 Å². The average molecular weight is 393 g/mol. The first-order chi connectivity index (χ1) is 14.1. The molecule has 0 saturated carbocycles. The van der Waals surface area contributed by atoms with Gasteiger partial charge in [0.25, 0.3) is 5.91 Å². The molecule has 0 radical (unpaired) electrons. The van der Waals surface area contributed by atoms with E-state index in [1.165, 1.54) is 13.2 Å². The molecule has 0 aliphatic rings. The zero-order chi connectivity index (χ0) is 20.6. The highest BCUT2D eigenvalue weighted by Crippen LogP contribution is 2.16. The van der Waals surface area contributed by atoms with E-state index >= 15 is 0 Å². The number of ether oxygens (including phenoxy) is 2. The zero-order valence-corrected chi connectivity index (χ0v) is 15.7. The Balaban J connectivity index is 1.54. The van der Waals surface area contributed by atoms with Gasteiger partial charge in [0.2, 0.25) is 0 Å². The number of rotatable bonds is 7. The predicted octanol–water partition coefficient (Wildman–Crippen LogP) is 2.51. The van der Waals surface area contributed by atoms with Crippen LogP contribution in [0.15, 0.2) is 67.0 Å². The van der Waals surface area contributed by atoms with Gasteiger partial charge in [-0.25, -0.2) is 9.59 Å². The van der Waals surface area contributed by atoms with Crippen molar-refractivity contribution in [3.63, 3.8) is 0 Å². The van der Waals surface area contributed by atoms with E-state index in [-0.39, 0.29) is 11.3 Å². The maximum absolute atomic E-state index is 12.2. The number of benzene rings is 2. The Morgan fingerprint density at radius 3 is 2.45 bits per heavy atom. The first-order valence-electron chi connectivity index (χ1n) is 8.77. The highest BCUT2D eigenvalue weighted by Gasteiger charge is 2.15. The number of hydrogen-bond acceptors (Lipinski definition) is 6. The van der Waals surface area contributed by atoms with Crippen LogP contribution in [-0.2, 0) is 20.8 Å². The number of para-hydroxylation sites is 1. The van der Waals surface area contributed by atoms with Crippen molar-refractivity contribution in [1.29, 1.82) is 0 Å². The van der Waals surface area contributed by atoms with E-state index < -0.39 is 24.5 Å². The zero-order valence-electron chi connectivity index (χ0n) is 15.7. The molecule has 148 valence electrons. The molecule has 1 N–H and O–H groups in total. The summed E-state index contributed by atoms with van der Waals surface area (Å²) >= 11 is 0. The van der Waals surface area contributed by atoms with Crippen LogP contribution in [0.3, 0.4) is 0 Å². The number of nitrogens with zero attached hydrogens (tertiary/aromatic N) is 2. The maximum atomic E-state index is 12.2. The monoisotopic (exact) mass is 393 g/mol. The van der Waals surface area contributed by atoms with E-state index in [0.29, 0.717) is 12.1 Å². The van der Waals surface area contributed by atoms with Crippen LogP contribution < -0.4 is 5.32 Å². The number of amides is 1. The number of aromatic nitrogens is 2. The number of carbonyl (C=O) groups excluding carboxylic acids is 3. The Morgan fingerprint density at radius 2 is 1.76 bits per heavy atom. The summed E-state index contributed by atoms with van der Waals surface area (Å²) in [5.74, 6) is -1.76. The summed E-state index contributed by atoms with van der Waals surface area (Å²) < 4.78 is 11.5. The summed E-state index contributed by atoms with van der Waals surface area (Å²) in [4.78, 5) is 36.0. The lowest BCUT2D eigenvalue weighted by Crippen LogP contribution is -2.22. The van der Waals surface area contributed by atoms with E-state index in [9.17, 15) is 14.4 Å². The van der Waals surface area contributed by atoms with Crippen molar-refractivity contribution < 1.29 is 23.9 Å². The minimum absolute atomic E-state index is 0.211. The highest BCUT2D eigenvalue weighted by molar-refractivity contribution is 6.02. The van der Waals surface area contributed by atoms with Gasteiger partial charge in [0.05, 0.1) is 30.5 Å². The molecule has 0 fully saturated rings. The van der Waals surface area contributed by atoms with E-state index in [1.54, 1.807) is 53.3 Å². The molecule has 1 aromatic heterocycles. The third-order valence-electron chi connectivity index (χ3n) is 4.03. The van der Waals surface area contributed by atoms with Crippen molar-refractivity contribution in [1.82, 2.24) is 9.78 Å². The fourth-order valence-corrected chi connectivity index (χ4v) is 2.61. The molecule has 3 rings (SSSR count). The first kappa shape index (κ1) is 19.8. The van der Waals surface area contributed by atoms with Crippen LogP contribution in [0, 0.1) is 0 Å². The van der Waals surface area contributed by atoms with Gasteiger partial charge in [-0.1, -0.05) is 24.3 Å². The highest BCUT2D eigenvalue weighted by atomic mass is 16.5. The number of methoxy groups -OCH3 is 1. The van der Waals surface area contributed by atoms with Gasteiger partial charge >= 0.3 is 11.9 Å². The lowest BCUT2D eigenvalue weighted by molar-refractivity contribution is -0.119. The van der Waals surface area contributed by atoms with Crippen molar-refractivity contribution in [2.24, 2.45) is 0 Å². The molecule has 1 heterocycles. The molecule has 3 aromatic rings. The molecule has 0 atom stereocenters. The minimum Gasteiger partial charge on any atom is -0.465 e. The van der Waals surface area contributed by atoms with E-state index in [2.05, 4.69) is 15.2 Å². The molecule has 0 spiro atoms. The number of hydrogen-bond donors (Lipinski definition) is 1. The van der Waals surface area contributed by atoms with Crippen molar-refractivity contribution in [3.8, 4) is 0 Å². The van der Waals surface area contributed by atoms with Crippen molar-refractivity contribution >= 4 is 23.5 Å². The molecule has 2 aromatic carbocycles. The molecule has 0 aliphatic carbocycles. The molecular formula is C21H19N3O5. The van der Waals surface area contributed by atoms with Crippen LogP contribution >= 0.6 is 0 Å². The average Bonchev–Trinajstić information content (AvgIpc) is 3.25. The topological polar surface area (TPSA) is 99.5 Å². The minimum atomic E-state index is -0.618. The normalized spacial score (nSPS) is 10.2. The fraction of sp³-hybridized carbons (Fsp3) is 0.143. The Hall–Kier alpha value is -3.94. The fourth-order valence-electron chi connectivity index (χ4n) is 2.61. The van der Waals surface area contributed by atoms with E-state index in [0.717, 1.165) is 5.56 Å². The second-order valence-electron chi connectivity index (χ2n) is 6.06. The number of esters is 2. The van der Waals surface area contributed by atoms with Gasteiger partial charge in [0.1, 0.15) is 0 Å². The Bertz CT molecular complexity index is 997. The van der Waals surface area contributed by atoms with Crippen LogP contribution in [-0.4, -0.2) is 41.3 Å². The number of nitrogens with one attached hydrogen (secondary N) is 1. The Kier molecular flexibility index (Phi) is 6.36. The van der Waals surface area contributed by atoms with Crippen LogP contribution in [0.2, 0.25) is 0 Å². The van der Waals surface area contributed by atoms with Gasteiger partial charge in [0.15, 0.2) is 6.61 Å². The maximum Gasteiger partial charge on any atom is 0.339 e. The number of carbonyl (C=O) groups is 3. The van der Waals surface area contributed by atoms with Crippen LogP contribution in [0.4, 0.5) is 5.69 Å². The lowest BCUT2D eigenvalue weighted by Gasteiger charge is -2.10. The van der Waals surface area contributed by atoms with Crippen LogP contribution in [0.25, 0.3) is 0 Å². The summed E-state index contributed by atoms with van der Waals surface area (Å²) in [7, 11) is 1.25. The Morgan fingerprint density at radius 1 is 1.00 bits per heavy atom. The summed E-state index contributed by atoms with van der Waals surface area (Å²) in [6, 6.07) is 15.1. The van der Waals surface area contributed by atoms with Crippen molar-refractivity contribution in [2.75, 3.05) is 19.0 Å².